The number of nitrogens with zero attached hydrogens (tertiary/aromatic N) is 1. The van der Waals surface area contributed by atoms with Crippen molar-refractivity contribution in [2.45, 2.75) is 44.9 Å². The second kappa shape index (κ2) is 15.9. The van der Waals surface area contributed by atoms with E-state index in [0.717, 1.165) is 11.1 Å². The molecule has 44 heavy (non-hydrogen) atoms. The molecule has 11 nitrogen and oxygen atoms in total. The fourth-order valence-corrected chi connectivity index (χ4v) is 4.90. The molecule has 3 aromatic rings. The Bertz CT molecular complexity index is 1520. The van der Waals surface area contributed by atoms with Gasteiger partial charge in [-0.3, -0.25) is 19.7 Å². The van der Waals surface area contributed by atoms with Crippen molar-refractivity contribution < 1.29 is 28.7 Å². The van der Waals surface area contributed by atoms with E-state index in [4.69, 9.17) is 9.47 Å². The van der Waals surface area contributed by atoms with Crippen LogP contribution in [-0.2, 0) is 36.9 Å². The standard InChI is InChI=1S/C33H36N4O7/c1-2-43-29(38)16-15-26(21-25-17-18-34-30(25)39)35-31(40)28(20-23-10-5-3-6-11-23)37-19-9-14-27(32(37)41)36-33(42)44-22-24-12-7-4-8-13-24/h3-16,19,25-26,28H,2,17-18,20-22H2,1H3,(H,34,39)(H,35,40)(H,36,42). The summed E-state index contributed by atoms with van der Waals surface area (Å²) < 4.78 is 11.5. The van der Waals surface area contributed by atoms with Gasteiger partial charge >= 0.3 is 12.1 Å². The molecule has 3 unspecified atom stereocenters. The van der Waals surface area contributed by atoms with Gasteiger partial charge in [0, 0.05) is 37.2 Å². The molecule has 11 heteroatoms. The van der Waals surface area contributed by atoms with Crippen LogP contribution in [0.1, 0.15) is 36.9 Å². The van der Waals surface area contributed by atoms with E-state index in [1.54, 1.807) is 13.0 Å². The van der Waals surface area contributed by atoms with Crippen molar-refractivity contribution in [1.82, 2.24) is 15.2 Å². The van der Waals surface area contributed by atoms with Crippen LogP contribution < -0.4 is 21.5 Å². The molecule has 3 atom stereocenters. The molecular weight excluding hydrogens is 564 g/mol. The van der Waals surface area contributed by atoms with Gasteiger partial charge in [-0.1, -0.05) is 66.7 Å². The summed E-state index contributed by atoms with van der Waals surface area (Å²) >= 11 is 0. The number of anilines is 1. The highest BCUT2D eigenvalue weighted by Crippen LogP contribution is 2.20. The lowest BCUT2D eigenvalue weighted by molar-refractivity contribution is -0.137. The molecule has 2 aromatic carbocycles. The highest BCUT2D eigenvalue weighted by Gasteiger charge is 2.30. The first-order chi connectivity index (χ1) is 21.3. The number of esters is 1. The van der Waals surface area contributed by atoms with Gasteiger partial charge in [0.2, 0.25) is 11.8 Å². The Kier molecular flexibility index (Phi) is 11.5. The minimum atomic E-state index is -1.03. The summed E-state index contributed by atoms with van der Waals surface area (Å²) in [5.41, 5.74) is 0.926. The lowest BCUT2D eigenvalue weighted by Gasteiger charge is -2.24. The lowest BCUT2D eigenvalue weighted by Crippen LogP contribution is -2.43. The molecule has 1 fully saturated rings. The number of carbonyl (C=O) groups is 4. The number of pyridine rings is 1. The fraction of sp³-hybridized carbons (Fsp3) is 0.303. The molecule has 2 heterocycles. The van der Waals surface area contributed by atoms with Crippen LogP contribution in [0.5, 0.6) is 0 Å². The maximum atomic E-state index is 13.9. The average Bonchev–Trinajstić information content (AvgIpc) is 3.43. The molecule has 230 valence electrons. The zero-order chi connectivity index (χ0) is 31.3. The fourth-order valence-electron chi connectivity index (χ4n) is 4.90. The van der Waals surface area contributed by atoms with E-state index in [0.29, 0.717) is 13.0 Å². The second-order valence-electron chi connectivity index (χ2n) is 10.3. The minimum absolute atomic E-state index is 0.0203. The summed E-state index contributed by atoms with van der Waals surface area (Å²) in [4.78, 5) is 64.3. The number of ether oxygens (including phenoxy) is 2. The molecule has 0 radical (unpaired) electrons. The SMILES string of the molecule is CCOC(=O)C=CC(CC1CCNC1=O)NC(=O)C(Cc1ccccc1)n1cccc(NC(=O)OCc2ccccc2)c1=O. The molecule has 4 rings (SSSR count). The third-order valence-corrected chi connectivity index (χ3v) is 7.11. The Balaban J connectivity index is 1.57. The molecule has 0 bridgehead atoms. The number of hydrogen-bond acceptors (Lipinski definition) is 7. The Labute approximate surface area is 255 Å². The zero-order valence-corrected chi connectivity index (χ0v) is 24.4. The summed E-state index contributed by atoms with van der Waals surface area (Å²) in [7, 11) is 0. The first kappa shape index (κ1) is 31.7. The van der Waals surface area contributed by atoms with Crippen LogP contribution in [0, 0.1) is 5.92 Å². The molecular formula is C33H36N4O7. The normalized spacial score (nSPS) is 15.7. The number of rotatable bonds is 13. The van der Waals surface area contributed by atoms with Gasteiger partial charge in [0.05, 0.1) is 6.61 Å². The van der Waals surface area contributed by atoms with E-state index < -0.39 is 35.6 Å². The van der Waals surface area contributed by atoms with Gasteiger partial charge in [-0.2, -0.15) is 0 Å². The second-order valence-corrected chi connectivity index (χ2v) is 10.3. The summed E-state index contributed by atoms with van der Waals surface area (Å²) in [5.74, 6) is -1.55. The Morgan fingerprint density at radius 1 is 0.977 bits per heavy atom. The summed E-state index contributed by atoms with van der Waals surface area (Å²) in [6, 6.07) is 19.6. The van der Waals surface area contributed by atoms with Gasteiger partial charge in [-0.05, 0) is 43.0 Å². The van der Waals surface area contributed by atoms with Crippen molar-refractivity contribution in [2.75, 3.05) is 18.5 Å². The van der Waals surface area contributed by atoms with Crippen LogP contribution in [0.2, 0.25) is 0 Å². The molecule has 0 aliphatic carbocycles. The van der Waals surface area contributed by atoms with Crippen LogP contribution >= 0.6 is 0 Å². The Morgan fingerprint density at radius 3 is 2.34 bits per heavy atom. The van der Waals surface area contributed by atoms with Crippen LogP contribution in [0.3, 0.4) is 0 Å². The molecule has 1 aliphatic heterocycles. The van der Waals surface area contributed by atoms with E-state index in [-0.39, 0.29) is 43.6 Å². The smallest absolute Gasteiger partial charge is 0.412 e. The van der Waals surface area contributed by atoms with Gasteiger partial charge in [0.15, 0.2) is 0 Å². The van der Waals surface area contributed by atoms with Gasteiger partial charge in [0.25, 0.3) is 5.56 Å². The summed E-state index contributed by atoms with van der Waals surface area (Å²) in [6.45, 7) is 2.43. The maximum absolute atomic E-state index is 13.9. The van der Waals surface area contributed by atoms with E-state index >= 15 is 0 Å². The van der Waals surface area contributed by atoms with Crippen LogP contribution in [0.25, 0.3) is 0 Å². The van der Waals surface area contributed by atoms with E-state index in [9.17, 15) is 24.0 Å². The van der Waals surface area contributed by atoms with Crippen LogP contribution in [0.15, 0.2) is 95.9 Å². The third-order valence-electron chi connectivity index (χ3n) is 7.11. The molecule has 1 aromatic heterocycles. The average molecular weight is 601 g/mol. The number of amides is 3. The summed E-state index contributed by atoms with van der Waals surface area (Å²) in [6.07, 6.45) is 4.41. The van der Waals surface area contributed by atoms with Gasteiger partial charge in [-0.25, -0.2) is 9.59 Å². The van der Waals surface area contributed by atoms with Crippen molar-refractivity contribution in [3.8, 4) is 0 Å². The predicted molar refractivity (Wildman–Crippen MR) is 164 cm³/mol. The van der Waals surface area contributed by atoms with E-state index in [1.807, 2.05) is 60.7 Å². The van der Waals surface area contributed by atoms with Gasteiger partial charge in [0.1, 0.15) is 18.3 Å². The van der Waals surface area contributed by atoms with Crippen LogP contribution in [-0.4, -0.2) is 47.6 Å². The molecule has 0 saturated carbocycles. The van der Waals surface area contributed by atoms with E-state index in [1.165, 1.54) is 29.0 Å². The molecule has 1 saturated heterocycles. The third kappa shape index (κ3) is 9.15. The zero-order valence-electron chi connectivity index (χ0n) is 24.4. The van der Waals surface area contributed by atoms with Crippen molar-refractivity contribution >= 4 is 29.6 Å². The highest BCUT2D eigenvalue weighted by atomic mass is 16.5. The lowest BCUT2D eigenvalue weighted by atomic mass is 9.97. The number of benzene rings is 2. The van der Waals surface area contributed by atoms with Crippen LogP contribution in [0.4, 0.5) is 10.5 Å². The van der Waals surface area contributed by atoms with Gasteiger partial charge < -0.3 is 24.7 Å². The number of nitrogens with one attached hydrogen (secondary N) is 3. The number of carbonyl (C=O) groups excluding carboxylic acids is 4. The molecule has 1 aliphatic rings. The van der Waals surface area contributed by atoms with Gasteiger partial charge in [-0.15, -0.1) is 0 Å². The minimum Gasteiger partial charge on any atom is -0.463 e. The van der Waals surface area contributed by atoms with Crippen molar-refractivity contribution in [1.29, 1.82) is 0 Å². The predicted octanol–water partition coefficient (Wildman–Crippen LogP) is 3.51. The van der Waals surface area contributed by atoms with Crippen molar-refractivity contribution in [3.05, 3.63) is 113 Å². The quantitative estimate of drug-likeness (QED) is 0.201. The number of aromatic nitrogens is 1. The largest absolute Gasteiger partial charge is 0.463 e. The number of hydrogen-bond donors (Lipinski definition) is 3. The maximum Gasteiger partial charge on any atom is 0.412 e. The Morgan fingerprint density at radius 2 is 1.68 bits per heavy atom. The van der Waals surface area contributed by atoms with Crippen molar-refractivity contribution in [2.24, 2.45) is 5.92 Å². The first-order valence-corrected chi connectivity index (χ1v) is 14.5. The molecule has 3 amide bonds. The Hall–Kier alpha value is -5.19. The molecule has 0 spiro atoms. The highest BCUT2D eigenvalue weighted by molar-refractivity contribution is 5.85. The molecule has 3 N–H and O–H groups in total. The topological polar surface area (TPSA) is 145 Å². The van der Waals surface area contributed by atoms with Crippen molar-refractivity contribution in [3.63, 3.8) is 0 Å². The van der Waals surface area contributed by atoms with E-state index in [2.05, 4.69) is 16.0 Å². The first-order valence-electron chi connectivity index (χ1n) is 14.5. The summed E-state index contributed by atoms with van der Waals surface area (Å²) in [5, 5.41) is 8.19. The monoisotopic (exact) mass is 600 g/mol.